The second kappa shape index (κ2) is 8.30. The monoisotopic (exact) mass is 234 g/mol. The molecule has 96 valence electrons. The maximum atomic E-state index is 6.02. The number of hydrogen-bond donors (Lipinski definition) is 0. The van der Waals surface area contributed by atoms with E-state index >= 15 is 0 Å². The van der Waals surface area contributed by atoms with E-state index in [-0.39, 0.29) is 6.10 Å². The Labute approximate surface area is 106 Å². The van der Waals surface area contributed by atoms with Gasteiger partial charge in [-0.25, -0.2) is 0 Å². The Morgan fingerprint density at radius 1 is 1.00 bits per heavy atom. The molecular weight excluding hydrogens is 208 g/mol. The van der Waals surface area contributed by atoms with Crippen LogP contribution < -0.4 is 0 Å². The molecule has 0 bridgehead atoms. The Morgan fingerprint density at radius 3 is 2.35 bits per heavy atom. The highest BCUT2D eigenvalue weighted by molar-refractivity contribution is 5.16. The van der Waals surface area contributed by atoms with Crippen molar-refractivity contribution in [1.29, 1.82) is 0 Å². The van der Waals surface area contributed by atoms with Crippen molar-refractivity contribution in [2.24, 2.45) is 0 Å². The third-order valence-corrected chi connectivity index (χ3v) is 3.17. The summed E-state index contributed by atoms with van der Waals surface area (Å²) >= 11 is 0. The van der Waals surface area contributed by atoms with Crippen molar-refractivity contribution >= 4 is 0 Å². The van der Waals surface area contributed by atoms with Crippen molar-refractivity contribution in [2.45, 2.75) is 65.1 Å². The summed E-state index contributed by atoms with van der Waals surface area (Å²) in [5.74, 6) is 0. The van der Waals surface area contributed by atoms with Crippen LogP contribution in [0.4, 0.5) is 0 Å². The Balaban J connectivity index is 2.24. The van der Waals surface area contributed by atoms with Crippen LogP contribution in [0, 0.1) is 0 Å². The minimum atomic E-state index is 0.206. The maximum Gasteiger partial charge on any atom is 0.0800 e. The van der Waals surface area contributed by atoms with E-state index in [0.717, 1.165) is 0 Å². The molecule has 0 aliphatic carbocycles. The van der Waals surface area contributed by atoms with Gasteiger partial charge in [-0.1, -0.05) is 62.9 Å². The SMILES string of the molecule is CCCCCCC(C)OC(C)c1ccccc1. The summed E-state index contributed by atoms with van der Waals surface area (Å²) in [6, 6.07) is 10.5. The van der Waals surface area contributed by atoms with Crippen molar-refractivity contribution in [1.82, 2.24) is 0 Å². The number of benzene rings is 1. The van der Waals surface area contributed by atoms with Gasteiger partial charge >= 0.3 is 0 Å². The van der Waals surface area contributed by atoms with Crippen LogP contribution in [-0.4, -0.2) is 6.10 Å². The van der Waals surface area contributed by atoms with Crippen LogP contribution in [0.25, 0.3) is 0 Å². The van der Waals surface area contributed by atoms with Crippen LogP contribution in [0.2, 0.25) is 0 Å². The Kier molecular flexibility index (Phi) is 6.95. The number of hydrogen-bond acceptors (Lipinski definition) is 1. The Bertz CT molecular complexity index is 281. The molecule has 2 unspecified atom stereocenters. The molecule has 0 spiro atoms. The standard InChI is InChI=1S/C16H26O/c1-4-5-6-8-11-14(2)17-15(3)16-12-9-7-10-13-16/h7,9-10,12-15H,4-6,8,11H2,1-3H3. The molecular formula is C16H26O. The number of rotatable bonds is 8. The van der Waals surface area contributed by atoms with E-state index in [2.05, 4.69) is 45.0 Å². The van der Waals surface area contributed by atoms with Crippen molar-refractivity contribution in [3.63, 3.8) is 0 Å². The normalized spacial score (nSPS) is 14.5. The first-order valence-electron chi connectivity index (χ1n) is 6.94. The summed E-state index contributed by atoms with van der Waals surface area (Å²) in [7, 11) is 0. The van der Waals surface area contributed by atoms with Crippen molar-refractivity contribution in [3.8, 4) is 0 Å². The molecule has 1 heteroatoms. The van der Waals surface area contributed by atoms with Crippen LogP contribution in [0.15, 0.2) is 30.3 Å². The van der Waals surface area contributed by atoms with Crippen LogP contribution in [-0.2, 0) is 4.74 Å². The number of unbranched alkanes of at least 4 members (excludes halogenated alkanes) is 3. The minimum absolute atomic E-state index is 0.206. The zero-order valence-corrected chi connectivity index (χ0v) is 11.5. The summed E-state index contributed by atoms with van der Waals surface area (Å²) in [4.78, 5) is 0. The van der Waals surface area contributed by atoms with Gasteiger partial charge < -0.3 is 4.74 Å². The van der Waals surface area contributed by atoms with Gasteiger partial charge in [0.2, 0.25) is 0 Å². The van der Waals surface area contributed by atoms with Crippen molar-refractivity contribution in [2.75, 3.05) is 0 Å². The Morgan fingerprint density at radius 2 is 1.71 bits per heavy atom. The van der Waals surface area contributed by atoms with E-state index in [1.165, 1.54) is 37.7 Å². The van der Waals surface area contributed by atoms with Gasteiger partial charge in [0.25, 0.3) is 0 Å². The van der Waals surface area contributed by atoms with Gasteiger partial charge in [-0.3, -0.25) is 0 Å². The number of ether oxygens (including phenoxy) is 1. The van der Waals surface area contributed by atoms with Crippen LogP contribution in [0.1, 0.15) is 64.5 Å². The van der Waals surface area contributed by atoms with Gasteiger partial charge in [0.1, 0.15) is 0 Å². The fourth-order valence-electron chi connectivity index (χ4n) is 2.08. The smallest absolute Gasteiger partial charge is 0.0800 e. The largest absolute Gasteiger partial charge is 0.371 e. The molecule has 0 saturated carbocycles. The first-order chi connectivity index (χ1) is 8.24. The molecule has 0 amide bonds. The molecule has 0 aliphatic heterocycles. The molecule has 0 aromatic heterocycles. The first-order valence-corrected chi connectivity index (χ1v) is 6.94. The van der Waals surface area contributed by atoms with E-state index in [1.807, 2.05) is 6.07 Å². The van der Waals surface area contributed by atoms with Crippen molar-refractivity contribution < 1.29 is 4.74 Å². The molecule has 0 aliphatic rings. The van der Waals surface area contributed by atoms with Crippen LogP contribution in [0.5, 0.6) is 0 Å². The summed E-state index contributed by atoms with van der Waals surface area (Å²) < 4.78 is 6.02. The minimum Gasteiger partial charge on any atom is -0.371 e. The Hall–Kier alpha value is -0.820. The zero-order valence-electron chi connectivity index (χ0n) is 11.5. The van der Waals surface area contributed by atoms with E-state index in [4.69, 9.17) is 4.74 Å². The van der Waals surface area contributed by atoms with Crippen LogP contribution >= 0.6 is 0 Å². The molecule has 1 nitrogen and oxygen atoms in total. The van der Waals surface area contributed by atoms with E-state index in [9.17, 15) is 0 Å². The maximum absolute atomic E-state index is 6.02. The molecule has 1 aromatic rings. The van der Waals surface area contributed by atoms with E-state index < -0.39 is 0 Å². The molecule has 0 N–H and O–H groups in total. The molecule has 0 radical (unpaired) electrons. The lowest BCUT2D eigenvalue weighted by atomic mass is 10.1. The quantitative estimate of drug-likeness (QED) is 0.567. The average Bonchev–Trinajstić information content (AvgIpc) is 2.36. The van der Waals surface area contributed by atoms with Crippen molar-refractivity contribution in [3.05, 3.63) is 35.9 Å². The van der Waals surface area contributed by atoms with Crippen LogP contribution in [0.3, 0.4) is 0 Å². The summed E-state index contributed by atoms with van der Waals surface area (Å²) in [6.07, 6.45) is 7.02. The second-order valence-electron chi connectivity index (χ2n) is 4.85. The summed E-state index contributed by atoms with van der Waals surface area (Å²) in [5, 5.41) is 0. The fraction of sp³-hybridized carbons (Fsp3) is 0.625. The second-order valence-corrected chi connectivity index (χ2v) is 4.85. The molecule has 1 rings (SSSR count). The third-order valence-electron chi connectivity index (χ3n) is 3.17. The van der Waals surface area contributed by atoms with Gasteiger partial charge in [-0.15, -0.1) is 0 Å². The molecule has 0 heterocycles. The molecule has 17 heavy (non-hydrogen) atoms. The lowest BCUT2D eigenvalue weighted by molar-refractivity contribution is 0.00163. The predicted molar refractivity (Wildman–Crippen MR) is 74.2 cm³/mol. The lowest BCUT2D eigenvalue weighted by Gasteiger charge is -2.19. The highest BCUT2D eigenvalue weighted by Gasteiger charge is 2.09. The van der Waals surface area contributed by atoms with E-state index in [1.54, 1.807) is 0 Å². The fourth-order valence-corrected chi connectivity index (χ4v) is 2.08. The first kappa shape index (κ1) is 14.2. The molecule has 2 atom stereocenters. The van der Waals surface area contributed by atoms with E-state index in [0.29, 0.717) is 6.10 Å². The van der Waals surface area contributed by atoms with Gasteiger partial charge in [-0.05, 0) is 25.8 Å². The van der Waals surface area contributed by atoms with Gasteiger partial charge in [-0.2, -0.15) is 0 Å². The highest BCUT2D eigenvalue weighted by atomic mass is 16.5. The summed E-state index contributed by atoms with van der Waals surface area (Å²) in [6.45, 7) is 6.57. The van der Waals surface area contributed by atoms with Gasteiger partial charge in [0, 0.05) is 0 Å². The molecule has 0 fully saturated rings. The zero-order chi connectivity index (χ0) is 12.5. The summed E-state index contributed by atoms with van der Waals surface area (Å²) in [5.41, 5.74) is 1.27. The molecule has 1 aromatic carbocycles. The average molecular weight is 234 g/mol. The van der Waals surface area contributed by atoms with Gasteiger partial charge in [0.15, 0.2) is 0 Å². The highest BCUT2D eigenvalue weighted by Crippen LogP contribution is 2.20. The topological polar surface area (TPSA) is 9.23 Å². The predicted octanol–water partition coefficient (Wildman–Crippen LogP) is 5.12. The third kappa shape index (κ3) is 5.88. The lowest BCUT2D eigenvalue weighted by Crippen LogP contribution is -2.11. The van der Waals surface area contributed by atoms with Gasteiger partial charge in [0.05, 0.1) is 12.2 Å². The molecule has 0 saturated heterocycles.